The monoisotopic (exact) mass is 370 g/mol. The molecule has 0 aliphatic rings. The van der Waals surface area contributed by atoms with E-state index in [1.807, 2.05) is 49.2 Å². The first kappa shape index (κ1) is 20.8. The number of anilines is 1. The SMILES string of the molecule is COc1ccc(CN(C)CC(=O)Nc2c(C)cccc2C(C)C)c(OC)c1. The molecule has 5 nitrogen and oxygen atoms in total. The van der Waals surface area contributed by atoms with Gasteiger partial charge in [0.15, 0.2) is 0 Å². The van der Waals surface area contributed by atoms with Gasteiger partial charge in [-0.15, -0.1) is 0 Å². The Morgan fingerprint density at radius 1 is 1.15 bits per heavy atom. The van der Waals surface area contributed by atoms with Gasteiger partial charge >= 0.3 is 0 Å². The molecule has 1 amide bonds. The molecule has 0 fully saturated rings. The van der Waals surface area contributed by atoms with Gasteiger partial charge in [0.2, 0.25) is 5.91 Å². The van der Waals surface area contributed by atoms with E-state index in [1.165, 1.54) is 0 Å². The molecular weight excluding hydrogens is 340 g/mol. The maximum absolute atomic E-state index is 12.6. The third-order valence-electron chi connectivity index (χ3n) is 4.54. The number of rotatable bonds is 8. The van der Waals surface area contributed by atoms with Crippen molar-refractivity contribution in [2.24, 2.45) is 0 Å². The average molecular weight is 370 g/mol. The zero-order valence-corrected chi connectivity index (χ0v) is 17.1. The number of ether oxygens (including phenoxy) is 2. The molecule has 2 aromatic carbocycles. The predicted octanol–water partition coefficient (Wildman–Crippen LogP) is 4.21. The summed E-state index contributed by atoms with van der Waals surface area (Å²) in [7, 11) is 5.18. The quantitative estimate of drug-likeness (QED) is 0.756. The van der Waals surface area contributed by atoms with Gasteiger partial charge in [0.1, 0.15) is 11.5 Å². The zero-order valence-electron chi connectivity index (χ0n) is 17.1. The minimum atomic E-state index is -0.0267. The van der Waals surface area contributed by atoms with E-state index in [1.54, 1.807) is 14.2 Å². The molecular formula is C22H30N2O3. The Hall–Kier alpha value is -2.53. The second-order valence-electron chi connectivity index (χ2n) is 7.09. The molecule has 0 atom stereocenters. The highest BCUT2D eigenvalue weighted by molar-refractivity contribution is 5.93. The molecule has 0 radical (unpaired) electrons. The van der Waals surface area contributed by atoms with Crippen molar-refractivity contribution in [3.63, 3.8) is 0 Å². The largest absolute Gasteiger partial charge is 0.497 e. The number of hydrogen-bond donors (Lipinski definition) is 1. The molecule has 1 N–H and O–H groups in total. The third kappa shape index (κ3) is 5.47. The first-order chi connectivity index (χ1) is 12.8. The molecule has 2 rings (SSSR count). The normalized spacial score (nSPS) is 11.0. The summed E-state index contributed by atoms with van der Waals surface area (Å²) in [4.78, 5) is 14.6. The van der Waals surface area contributed by atoms with Crippen LogP contribution < -0.4 is 14.8 Å². The molecule has 5 heteroatoms. The molecule has 2 aromatic rings. The minimum absolute atomic E-state index is 0.0267. The number of amides is 1. The van der Waals surface area contributed by atoms with Crippen LogP contribution in [0.25, 0.3) is 0 Å². The summed E-state index contributed by atoms with van der Waals surface area (Å²) in [6.07, 6.45) is 0. The number of para-hydroxylation sites is 1. The summed E-state index contributed by atoms with van der Waals surface area (Å²) in [5, 5.41) is 3.09. The summed E-state index contributed by atoms with van der Waals surface area (Å²) in [5.74, 6) is 1.82. The molecule has 0 unspecified atom stereocenters. The van der Waals surface area contributed by atoms with Crippen LogP contribution in [0.4, 0.5) is 5.69 Å². The van der Waals surface area contributed by atoms with Crippen LogP contribution in [-0.4, -0.2) is 38.6 Å². The fourth-order valence-corrected chi connectivity index (χ4v) is 3.10. The lowest BCUT2D eigenvalue weighted by Crippen LogP contribution is -2.30. The molecule has 146 valence electrons. The van der Waals surface area contributed by atoms with Crippen LogP contribution in [-0.2, 0) is 11.3 Å². The van der Waals surface area contributed by atoms with Gasteiger partial charge in [-0.3, -0.25) is 9.69 Å². The number of carbonyl (C=O) groups excluding carboxylic acids is 1. The van der Waals surface area contributed by atoms with Crippen LogP contribution in [0.5, 0.6) is 11.5 Å². The number of carbonyl (C=O) groups is 1. The highest BCUT2D eigenvalue weighted by Crippen LogP contribution is 2.28. The summed E-state index contributed by atoms with van der Waals surface area (Å²) < 4.78 is 10.7. The summed E-state index contributed by atoms with van der Waals surface area (Å²) in [5.41, 5.74) is 4.16. The smallest absolute Gasteiger partial charge is 0.238 e. The van der Waals surface area contributed by atoms with E-state index in [0.717, 1.165) is 33.9 Å². The third-order valence-corrected chi connectivity index (χ3v) is 4.54. The van der Waals surface area contributed by atoms with E-state index in [4.69, 9.17) is 9.47 Å². The molecule has 27 heavy (non-hydrogen) atoms. The van der Waals surface area contributed by atoms with Gasteiger partial charge in [-0.1, -0.05) is 38.1 Å². The maximum Gasteiger partial charge on any atom is 0.238 e. The van der Waals surface area contributed by atoms with Crippen molar-refractivity contribution in [1.29, 1.82) is 0 Å². The number of methoxy groups -OCH3 is 2. The Kier molecular flexibility index (Phi) is 7.25. The predicted molar refractivity (Wildman–Crippen MR) is 110 cm³/mol. The Bertz CT molecular complexity index is 787. The van der Waals surface area contributed by atoms with Crippen molar-refractivity contribution in [3.8, 4) is 11.5 Å². The van der Waals surface area contributed by atoms with Gasteiger partial charge in [-0.2, -0.15) is 0 Å². The van der Waals surface area contributed by atoms with E-state index in [0.29, 0.717) is 19.0 Å². The van der Waals surface area contributed by atoms with Gasteiger partial charge in [0.05, 0.1) is 20.8 Å². The molecule has 0 aromatic heterocycles. The Balaban J connectivity index is 2.05. The molecule has 0 aliphatic heterocycles. The second kappa shape index (κ2) is 9.42. The van der Waals surface area contributed by atoms with Crippen LogP contribution in [0.3, 0.4) is 0 Å². The van der Waals surface area contributed by atoms with Crippen LogP contribution in [0.15, 0.2) is 36.4 Å². The highest BCUT2D eigenvalue weighted by atomic mass is 16.5. The summed E-state index contributed by atoms with van der Waals surface area (Å²) in [6.45, 7) is 7.18. The van der Waals surface area contributed by atoms with Crippen molar-refractivity contribution in [3.05, 3.63) is 53.1 Å². The number of nitrogens with one attached hydrogen (secondary N) is 1. The Morgan fingerprint density at radius 2 is 1.89 bits per heavy atom. The summed E-state index contributed by atoms with van der Waals surface area (Å²) in [6, 6.07) is 11.8. The number of likely N-dealkylation sites (N-methyl/N-ethyl adjacent to an activating group) is 1. The lowest BCUT2D eigenvalue weighted by Gasteiger charge is -2.20. The standard InChI is InChI=1S/C22H30N2O3/c1-15(2)19-9-7-8-16(3)22(19)23-21(25)14-24(4)13-17-10-11-18(26-5)12-20(17)27-6/h7-12,15H,13-14H2,1-6H3,(H,23,25). The van der Waals surface area contributed by atoms with Crippen LogP contribution in [0, 0.1) is 6.92 Å². The minimum Gasteiger partial charge on any atom is -0.497 e. The molecule has 0 saturated carbocycles. The van der Waals surface area contributed by atoms with E-state index in [-0.39, 0.29) is 5.91 Å². The molecule has 0 saturated heterocycles. The van der Waals surface area contributed by atoms with Crippen molar-refractivity contribution >= 4 is 11.6 Å². The fraction of sp³-hybridized carbons (Fsp3) is 0.409. The Labute approximate surface area is 162 Å². The number of aryl methyl sites for hydroxylation is 1. The van der Waals surface area contributed by atoms with Crippen LogP contribution >= 0.6 is 0 Å². The van der Waals surface area contributed by atoms with Crippen molar-refractivity contribution < 1.29 is 14.3 Å². The van der Waals surface area contributed by atoms with Crippen molar-refractivity contribution in [1.82, 2.24) is 4.90 Å². The lowest BCUT2D eigenvalue weighted by molar-refractivity contribution is -0.117. The lowest BCUT2D eigenvalue weighted by atomic mass is 9.98. The fourth-order valence-electron chi connectivity index (χ4n) is 3.10. The van der Waals surface area contributed by atoms with E-state index in [2.05, 4.69) is 25.2 Å². The van der Waals surface area contributed by atoms with Gasteiger partial charge in [0.25, 0.3) is 0 Å². The van der Waals surface area contributed by atoms with E-state index < -0.39 is 0 Å². The van der Waals surface area contributed by atoms with Crippen LogP contribution in [0.1, 0.15) is 36.5 Å². The van der Waals surface area contributed by atoms with E-state index in [9.17, 15) is 4.79 Å². The average Bonchev–Trinajstić information content (AvgIpc) is 2.63. The van der Waals surface area contributed by atoms with Crippen LogP contribution in [0.2, 0.25) is 0 Å². The number of hydrogen-bond acceptors (Lipinski definition) is 4. The first-order valence-electron chi connectivity index (χ1n) is 9.14. The maximum atomic E-state index is 12.6. The molecule has 0 heterocycles. The number of benzene rings is 2. The first-order valence-corrected chi connectivity index (χ1v) is 9.14. The molecule has 0 aliphatic carbocycles. The van der Waals surface area contributed by atoms with Gasteiger partial charge in [-0.05, 0) is 37.1 Å². The van der Waals surface area contributed by atoms with Crippen molar-refractivity contribution in [2.45, 2.75) is 33.2 Å². The Morgan fingerprint density at radius 3 is 2.52 bits per heavy atom. The molecule has 0 spiro atoms. The van der Waals surface area contributed by atoms with Gasteiger partial charge in [0, 0.05) is 23.9 Å². The zero-order chi connectivity index (χ0) is 20.0. The topological polar surface area (TPSA) is 50.8 Å². The van der Waals surface area contributed by atoms with Gasteiger partial charge in [-0.25, -0.2) is 0 Å². The van der Waals surface area contributed by atoms with E-state index >= 15 is 0 Å². The molecule has 0 bridgehead atoms. The summed E-state index contributed by atoms with van der Waals surface area (Å²) >= 11 is 0. The number of nitrogens with zero attached hydrogens (tertiary/aromatic N) is 1. The second-order valence-corrected chi connectivity index (χ2v) is 7.09. The van der Waals surface area contributed by atoms with Gasteiger partial charge < -0.3 is 14.8 Å². The van der Waals surface area contributed by atoms with Crippen molar-refractivity contribution in [2.75, 3.05) is 33.1 Å². The highest BCUT2D eigenvalue weighted by Gasteiger charge is 2.15.